The predicted molar refractivity (Wildman–Crippen MR) is 80.9 cm³/mol. The summed E-state index contributed by atoms with van der Waals surface area (Å²) < 4.78 is 14.5. The van der Waals surface area contributed by atoms with Crippen molar-refractivity contribution in [2.24, 2.45) is 0 Å². The molecule has 1 heterocycles. The van der Waals surface area contributed by atoms with E-state index in [9.17, 15) is 14.4 Å². The minimum Gasteiger partial charge on any atom is -0.479 e. The standard InChI is InChI=1S/C15H16N2O6/c1-8-14(19)17-10-6-9(4-5-12(10)23-8)16-11(15(20)22-3)7-13(18)21-2/h4-8,16H,1-3H3,(H,17,19)/b11-7+. The van der Waals surface area contributed by atoms with E-state index < -0.39 is 18.0 Å². The van der Waals surface area contributed by atoms with Crippen molar-refractivity contribution in [2.45, 2.75) is 13.0 Å². The van der Waals surface area contributed by atoms with Crippen molar-refractivity contribution in [3.05, 3.63) is 30.0 Å². The molecular formula is C15H16N2O6. The Morgan fingerprint density at radius 3 is 2.70 bits per heavy atom. The number of benzene rings is 1. The maximum atomic E-state index is 11.7. The number of hydrogen-bond donors (Lipinski definition) is 2. The fourth-order valence-electron chi connectivity index (χ4n) is 1.87. The third-order valence-electron chi connectivity index (χ3n) is 3.06. The second-order valence-electron chi connectivity index (χ2n) is 4.66. The molecule has 0 bridgehead atoms. The topological polar surface area (TPSA) is 103 Å². The highest BCUT2D eigenvalue weighted by Gasteiger charge is 2.24. The van der Waals surface area contributed by atoms with Gasteiger partial charge in [-0.05, 0) is 25.1 Å². The second-order valence-corrected chi connectivity index (χ2v) is 4.66. The number of ether oxygens (including phenoxy) is 3. The summed E-state index contributed by atoms with van der Waals surface area (Å²) in [5.74, 6) is -1.20. The lowest BCUT2D eigenvalue weighted by atomic mass is 10.2. The average Bonchev–Trinajstić information content (AvgIpc) is 2.54. The van der Waals surface area contributed by atoms with E-state index in [2.05, 4.69) is 20.1 Å². The van der Waals surface area contributed by atoms with Crippen LogP contribution in [0.3, 0.4) is 0 Å². The Balaban J connectivity index is 2.26. The first kappa shape index (κ1) is 16.3. The minimum atomic E-state index is -0.734. The highest BCUT2D eigenvalue weighted by atomic mass is 16.5. The number of anilines is 2. The molecule has 0 saturated carbocycles. The van der Waals surface area contributed by atoms with Gasteiger partial charge in [0.25, 0.3) is 5.91 Å². The first-order valence-corrected chi connectivity index (χ1v) is 6.71. The highest BCUT2D eigenvalue weighted by Crippen LogP contribution is 2.32. The smallest absolute Gasteiger partial charge is 0.354 e. The zero-order valence-corrected chi connectivity index (χ0v) is 12.8. The molecule has 8 nitrogen and oxygen atoms in total. The average molecular weight is 320 g/mol. The summed E-state index contributed by atoms with van der Waals surface area (Å²) >= 11 is 0. The van der Waals surface area contributed by atoms with Crippen molar-refractivity contribution >= 4 is 29.2 Å². The fraction of sp³-hybridized carbons (Fsp3) is 0.267. The number of fused-ring (bicyclic) bond motifs is 1. The zero-order chi connectivity index (χ0) is 17.0. The van der Waals surface area contributed by atoms with Crippen molar-refractivity contribution in [3.63, 3.8) is 0 Å². The molecular weight excluding hydrogens is 304 g/mol. The minimum absolute atomic E-state index is 0.101. The van der Waals surface area contributed by atoms with E-state index in [1.54, 1.807) is 25.1 Å². The van der Waals surface area contributed by atoms with E-state index in [0.717, 1.165) is 6.08 Å². The van der Waals surface area contributed by atoms with E-state index in [4.69, 9.17) is 4.74 Å². The Kier molecular flexibility index (Phi) is 4.85. The Morgan fingerprint density at radius 1 is 1.30 bits per heavy atom. The Labute approximate surface area is 132 Å². The number of carbonyl (C=O) groups is 3. The lowest BCUT2D eigenvalue weighted by molar-refractivity contribution is -0.138. The van der Waals surface area contributed by atoms with Crippen LogP contribution in [0.5, 0.6) is 5.75 Å². The molecule has 0 aromatic heterocycles. The molecule has 2 rings (SSSR count). The summed E-state index contributed by atoms with van der Waals surface area (Å²) in [7, 11) is 2.39. The third kappa shape index (κ3) is 3.79. The van der Waals surface area contributed by atoms with E-state index in [-0.39, 0.29) is 11.6 Å². The molecule has 0 spiro atoms. The number of carbonyl (C=O) groups excluding carboxylic acids is 3. The van der Waals surface area contributed by atoms with Gasteiger partial charge in [-0.25, -0.2) is 9.59 Å². The summed E-state index contributed by atoms with van der Waals surface area (Å²) in [5, 5.41) is 5.44. The molecule has 1 atom stereocenters. The van der Waals surface area contributed by atoms with Crippen molar-refractivity contribution < 1.29 is 28.6 Å². The van der Waals surface area contributed by atoms with Crippen LogP contribution in [0, 0.1) is 0 Å². The molecule has 2 N–H and O–H groups in total. The number of nitrogens with one attached hydrogen (secondary N) is 2. The fourth-order valence-corrected chi connectivity index (χ4v) is 1.87. The molecule has 0 saturated heterocycles. The largest absolute Gasteiger partial charge is 0.479 e. The first-order valence-electron chi connectivity index (χ1n) is 6.71. The normalized spacial score (nSPS) is 16.6. The molecule has 1 unspecified atom stereocenters. The number of rotatable bonds is 4. The van der Waals surface area contributed by atoms with Gasteiger partial charge >= 0.3 is 11.9 Å². The van der Waals surface area contributed by atoms with Gasteiger partial charge in [-0.3, -0.25) is 4.79 Å². The molecule has 1 aromatic rings. The van der Waals surface area contributed by atoms with Gasteiger partial charge in [-0.15, -0.1) is 0 Å². The molecule has 0 radical (unpaired) electrons. The van der Waals surface area contributed by atoms with Crippen LogP contribution in [0.25, 0.3) is 0 Å². The van der Waals surface area contributed by atoms with E-state index in [1.165, 1.54) is 14.2 Å². The van der Waals surface area contributed by atoms with Gasteiger partial charge in [0.15, 0.2) is 6.10 Å². The summed E-state index contributed by atoms with van der Waals surface area (Å²) in [5.41, 5.74) is 0.818. The van der Waals surface area contributed by atoms with E-state index in [1.807, 2.05) is 0 Å². The molecule has 1 aromatic carbocycles. The molecule has 1 amide bonds. The van der Waals surface area contributed by atoms with Crippen LogP contribution in [-0.4, -0.2) is 38.2 Å². The van der Waals surface area contributed by atoms with Crippen LogP contribution >= 0.6 is 0 Å². The number of esters is 2. The van der Waals surface area contributed by atoms with Gasteiger partial charge in [0, 0.05) is 5.69 Å². The van der Waals surface area contributed by atoms with Crippen LogP contribution in [0.4, 0.5) is 11.4 Å². The van der Waals surface area contributed by atoms with Gasteiger partial charge in [0.05, 0.1) is 26.0 Å². The summed E-state index contributed by atoms with van der Waals surface area (Å²) in [6, 6.07) is 4.85. The predicted octanol–water partition coefficient (Wildman–Crippen LogP) is 1.05. The molecule has 1 aliphatic heterocycles. The molecule has 0 fully saturated rings. The maximum Gasteiger partial charge on any atom is 0.354 e. The van der Waals surface area contributed by atoms with Crippen LogP contribution in [0.1, 0.15) is 6.92 Å². The third-order valence-corrected chi connectivity index (χ3v) is 3.06. The molecule has 122 valence electrons. The summed E-state index contributed by atoms with van der Waals surface area (Å²) in [6.07, 6.45) is 0.397. The van der Waals surface area contributed by atoms with E-state index in [0.29, 0.717) is 17.1 Å². The quantitative estimate of drug-likeness (QED) is 0.631. The Bertz CT molecular complexity index is 683. The van der Waals surface area contributed by atoms with Gasteiger partial charge in [-0.1, -0.05) is 0 Å². The van der Waals surface area contributed by atoms with Crippen LogP contribution in [0.2, 0.25) is 0 Å². The van der Waals surface area contributed by atoms with Gasteiger partial charge < -0.3 is 24.8 Å². The molecule has 0 aliphatic carbocycles. The van der Waals surface area contributed by atoms with Crippen LogP contribution in [0.15, 0.2) is 30.0 Å². The van der Waals surface area contributed by atoms with Gasteiger partial charge in [0.1, 0.15) is 11.4 Å². The Hall–Kier alpha value is -3.03. The van der Waals surface area contributed by atoms with Crippen molar-refractivity contribution in [3.8, 4) is 5.75 Å². The summed E-state index contributed by atoms with van der Waals surface area (Å²) in [4.78, 5) is 34.6. The maximum absolute atomic E-state index is 11.7. The number of amides is 1. The van der Waals surface area contributed by atoms with Crippen LogP contribution < -0.4 is 15.4 Å². The monoisotopic (exact) mass is 320 g/mol. The number of methoxy groups -OCH3 is 2. The van der Waals surface area contributed by atoms with Crippen LogP contribution in [-0.2, 0) is 23.9 Å². The SMILES string of the molecule is COC(=O)/C=C(/Nc1ccc2c(c1)NC(=O)C(C)O2)C(=O)OC. The highest BCUT2D eigenvalue weighted by molar-refractivity contribution is 6.00. The van der Waals surface area contributed by atoms with Gasteiger partial charge in [-0.2, -0.15) is 0 Å². The van der Waals surface area contributed by atoms with E-state index >= 15 is 0 Å². The zero-order valence-electron chi connectivity index (χ0n) is 12.8. The lowest BCUT2D eigenvalue weighted by Gasteiger charge is -2.23. The molecule has 8 heteroatoms. The first-order chi connectivity index (χ1) is 10.9. The molecule has 23 heavy (non-hydrogen) atoms. The lowest BCUT2D eigenvalue weighted by Crippen LogP contribution is -2.34. The molecule has 1 aliphatic rings. The summed E-state index contributed by atoms with van der Waals surface area (Å²) in [6.45, 7) is 1.64. The van der Waals surface area contributed by atoms with Crippen molar-refractivity contribution in [1.29, 1.82) is 0 Å². The van der Waals surface area contributed by atoms with Crippen molar-refractivity contribution in [2.75, 3.05) is 24.9 Å². The Morgan fingerprint density at radius 2 is 2.04 bits per heavy atom. The van der Waals surface area contributed by atoms with Crippen molar-refractivity contribution in [1.82, 2.24) is 0 Å². The second kappa shape index (κ2) is 6.82. The number of hydrogen-bond acceptors (Lipinski definition) is 7. The van der Waals surface area contributed by atoms with Gasteiger partial charge in [0.2, 0.25) is 0 Å².